The van der Waals surface area contributed by atoms with E-state index in [4.69, 9.17) is 0 Å². The molecule has 1 aliphatic heterocycles. The van der Waals surface area contributed by atoms with Crippen molar-refractivity contribution in [2.45, 2.75) is 6.17 Å². The second kappa shape index (κ2) is 6.65. The number of rotatable bonds is 2. The molecule has 1 aliphatic rings. The lowest BCUT2D eigenvalue weighted by Crippen LogP contribution is -2.43. The maximum atomic E-state index is 13.2. The molecule has 1 N–H and O–H groups in total. The van der Waals surface area contributed by atoms with Crippen LogP contribution in [0.15, 0.2) is 81.7 Å². The van der Waals surface area contributed by atoms with Crippen LogP contribution in [0, 0.1) is 0 Å². The van der Waals surface area contributed by atoms with Crippen LogP contribution in [0.4, 0.5) is 11.4 Å². The maximum Gasteiger partial charge on any atom is 0.262 e. The van der Waals surface area contributed by atoms with E-state index in [1.54, 1.807) is 4.90 Å². The predicted octanol–water partition coefficient (Wildman–Crippen LogP) is 5.98. The zero-order valence-corrected chi connectivity index (χ0v) is 16.3. The van der Waals surface area contributed by atoms with Gasteiger partial charge in [0.1, 0.15) is 6.17 Å². The highest BCUT2D eigenvalue weighted by Gasteiger charge is 2.33. The van der Waals surface area contributed by atoms with E-state index in [1.165, 1.54) is 0 Å². The molecular formula is C20H14Br2N2O. The van der Waals surface area contributed by atoms with Crippen molar-refractivity contribution in [1.29, 1.82) is 0 Å². The number of fused-ring (bicyclic) bond motifs is 1. The number of hydrogen-bond acceptors (Lipinski definition) is 2. The van der Waals surface area contributed by atoms with Crippen LogP contribution in [0.2, 0.25) is 0 Å². The lowest BCUT2D eigenvalue weighted by molar-refractivity contribution is 0.0975. The standard InChI is InChI=1S/C20H14Br2N2O/c21-14-10-8-13(9-11-14)19-23-18-7-2-1-6-17(18)20(25)24(19)16-5-3-4-15(22)12-16/h1-12,19,23H. The number of halogens is 2. The minimum atomic E-state index is -0.273. The van der Waals surface area contributed by atoms with Crippen LogP contribution in [-0.4, -0.2) is 5.91 Å². The number of nitrogens with zero attached hydrogens (tertiary/aromatic N) is 1. The molecule has 1 heterocycles. The fraction of sp³-hybridized carbons (Fsp3) is 0.0500. The van der Waals surface area contributed by atoms with Gasteiger partial charge in [-0.25, -0.2) is 0 Å². The summed E-state index contributed by atoms with van der Waals surface area (Å²) in [5.74, 6) is -0.0135. The Morgan fingerprint density at radius 1 is 0.840 bits per heavy atom. The highest BCUT2D eigenvalue weighted by Crippen LogP contribution is 2.37. The highest BCUT2D eigenvalue weighted by molar-refractivity contribution is 9.10. The summed E-state index contributed by atoms with van der Waals surface area (Å²) in [6.45, 7) is 0. The molecule has 0 radical (unpaired) electrons. The second-order valence-electron chi connectivity index (χ2n) is 5.80. The van der Waals surface area contributed by atoms with Crippen LogP contribution in [-0.2, 0) is 0 Å². The molecule has 4 rings (SSSR count). The van der Waals surface area contributed by atoms with Gasteiger partial charge in [0.05, 0.1) is 5.56 Å². The molecular weight excluding hydrogens is 444 g/mol. The Morgan fingerprint density at radius 3 is 2.36 bits per heavy atom. The fourth-order valence-electron chi connectivity index (χ4n) is 3.02. The molecule has 0 spiro atoms. The van der Waals surface area contributed by atoms with E-state index in [0.29, 0.717) is 5.56 Å². The Bertz CT molecular complexity index is 940. The molecule has 0 saturated heterocycles. The van der Waals surface area contributed by atoms with E-state index >= 15 is 0 Å². The average molecular weight is 458 g/mol. The number of benzene rings is 3. The molecule has 0 aliphatic carbocycles. The minimum absolute atomic E-state index is 0.0135. The molecule has 0 bridgehead atoms. The number of para-hydroxylation sites is 1. The number of carbonyl (C=O) groups excluding carboxylic acids is 1. The van der Waals surface area contributed by atoms with Crippen molar-refractivity contribution < 1.29 is 4.79 Å². The van der Waals surface area contributed by atoms with E-state index in [2.05, 4.69) is 37.2 Å². The van der Waals surface area contributed by atoms with Gasteiger partial charge in [0.15, 0.2) is 0 Å². The van der Waals surface area contributed by atoms with Crippen LogP contribution >= 0.6 is 31.9 Å². The van der Waals surface area contributed by atoms with Crippen molar-refractivity contribution in [3.63, 3.8) is 0 Å². The van der Waals surface area contributed by atoms with Crippen LogP contribution in [0.1, 0.15) is 22.1 Å². The fourth-order valence-corrected chi connectivity index (χ4v) is 3.68. The second-order valence-corrected chi connectivity index (χ2v) is 7.63. The van der Waals surface area contributed by atoms with Crippen molar-refractivity contribution in [1.82, 2.24) is 0 Å². The van der Waals surface area contributed by atoms with Gasteiger partial charge in [-0.05, 0) is 48.0 Å². The third-order valence-corrected chi connectivity index (χ3v) is 5.22. The average Bonchev–Trinajstić information content (AvgIpc) is 2.62. The summed E-state index contributed by atoms with van der Waals surface area (Å²) in [5, 5.41) is 3.51. The Kier molecular flexibility index (Phi) is 4.36. The molecule has 3 nitrogen and oxygen atoms in total. The van der Waals surface area contributed by atoms with Crippen molar-refractivity contribution >= 4 is 49.1 Å². The molecule has 0 fully saturated rings. The molecule has 0 saturated carbocycles. The van der Waals surface area contributed by atoms with E-state index in [9.17, 15) is 4.79 Å². The van der Waals surface area contributed by atoms with Gasteiger partial charge in [0.2, 0.25) is 0 Å². The zero-order chi connectivity index (χ0) is 17.4. The monoisotopic (exact) mass is 456 g/mol. The Balaban J connectivity index is 1.87. The van der Waals surface area contributed by atoms with Crippen LogP contribution in [0.5, 0.6) is 0 Å². The van der Waals surface area contributed by atoms with Crippen LogP contribution in [0.3, 0.4) is 0 Å². The normalized spacial score (nSPS) is 16.3. The summed E-state index contributed by atoms with van der Waals surface area (Å²) < 4.78 is 1.94. The van der Waals surface area contributed by atoms with E-state index in [-0.39, 0.29) is 12.1 Å². The number of anilines is 2. The first-order valence-electron chi connectivity index (χ1n) is 7.83. The summed E-state index contributed by atoms with van der Waals surface area (Å²) in [7, 11) is 0. The van der Waals surface area contributed by atoms with Crippen molar-refractivity contribution in [2.75, 3.05) is 10.2 Å². The van der Waals surface area contributed by atoms with E-state index in [0.717, 1.165) is 25.9 Å². The van der Waals surface area contributed by atoms with E-state index in [1.807, 2.05) is 72.8 Å². The van der Waals surface area contributed by atoms with Crippen molar-refractivity contribution in [3.8, 4) is 0 Å². The first-order valence-corrected chi connectivity index (χ1v) is 9.42. The molecule has 1 unspecified atom stereocenters. The van der Waals surface area contributed by atoms with Crippen molar-refractivity contribution in [3.05, 3.63) is 92.9 Å². The Hall–Kier alpha value is -2.11. The molecule has 1 atom stereocenters. The topological polar surface area (TPSA) is 32.3 Å². The number of nitrogens with one attached hydrogen (secondary N) is 1. The lowest BCUT2D eigenvalue weighted by atomic mass is 10.0. The Labute approximate surface area is 162 Å². The SMILES string of the molecule is O=C1c2ccccc2NC(c2ccc(Br)cc2)N1c1cccc(Br)c1. The van der Waals surface area contributed by atoms with Crippen LogP contribution in [0.25, 0.3) is 0 Å². The summed E-state index contributed by atoms with van der Waals surface area (Å²) in [5.41, 5.74) is 3.39. The van der Waals surface area contributed by atoms with Crippen LogP contribution < -0.4 is 10.2 Å². The van der Waals surface area contributed by atoms with Gasteiger partial charge in [-0.3, -0.25) is 9.69 Å². The first kappa shape index (κ1) is 16.4. The third-order valence-electron chi connectivity index (χ3n) is 4.20. The van der Waals surface area contributed by atoms with E-state index < -0.39 is 0 Å². The van der Waals surface area contributed by atoms with Gasteiger partial charge in [0.25, 0.3) is 5.91 Å². The van der Waals surface area contributed by atoms with Crippen molar-refractivity contribution in [2.24, 2.45) is 0 Å². The largest absolute Gasteiger partial charge is 0.360 e. The minimum Gasteiger partial charge on any atom is -0.360 e. The highest BCUT2D eigenvalue weighted by atomic mass is 79.9. The Morgan fingerprint density at radius 2 is 1.60 bits per heavy atom. The molecule has 124 valence electrons. The summed E-state index contributed by atoms with van der Waals surface area (Å²) in [6, 6.07) is 23.4. The van der Waals surface area contributed by atoms with Gasteiger partial charge in [-0.1, -0.05) is 62.2 Å². The molecule has 3 aromatic carbocycles. The summed E-state index contributed by atoms with van der Waals surface area (Å²) >= 11 is 6.97. The molecule has 25 heavy (non-hydrogen) atoms. The lowest BCUT2D eigenvalue weighted by Gasteiger charge is -2.38. The number of hydrogen-bond donors (Lipinski definition) is 1. The first-order chi connectivity index (χ1) is 12.1. The molecule has 3 aromatic rings. The van der Waals surface area contributed by atoms with Gasteiger partial charge < -0.3 is 5.32 Å². The maximum absolute atomic E-state index is 13.2. The molecule has 0 aromatic heterocycles. The molecule has 5 heteroatoms. The number of carbonyl (C=O) groups is 1. The summed E-state index contributed by atoms with van der Waals surface area (Å²) in [4.78, 5) is 15.0. The van der Waals surface area contributed by atoms with Gasteiger partial charge >= 0.3 is 0 Å². The smallest absolute Gasteiger partial charge is 0.262 e. The van der Waals surface area contributed by atoms with Gasteiger partial charge in [0, 0.05) is 20.3 Å². The van der Waals surface area contributed by atoms with Gasteiger partial charge in [-0.15, -0.1) is 0 Å². The quantitative estimate of drug-likeness (QED) is 0.513. The third kappa shape index (κ3) is 3.10. The summed E-state index contributed by atoms with van der Waals surface area (Å²) in [6.07, 6.45) is -0.273. The zero-order valence-electron chi connectivity index (χ0n) is 13.1. The van der Waals surface area contributed by atoms with Gasteiger partial charge in [-0.2, -0.15) is 0 Å². The molecule has 1 amide bonds. The number of amides is 1. The predicted molar refractivity (Wildman–Crippen MR) is 108 cm³/mol.